The van der Waals surface area contributed by atoms with Gasteiger partial charge in [-0.1, -0.05) is 44.9 Å². The lowest BCUT2D eigenvalue weighted by molar-refractivity contribution is -0.125. The van der Waals surface area contributed by atoms with E-state index in [4.69, 9.17) is 13.9 Å². The summed E-state index contributed by atoms with van der Waals surface area (Å²) in [4.78, 5) is 24.7. The Balaban J connectivity index is 1.63. The fraction of sp³-hybridized carbons (Fsp3) is 0.524. The van der Waals surface area contributed by atoms with Crippen LogP contribution in [0, 0.1) is 11.8 Å². The molecule has 1 heterocycles. The Kier molecular flexibility index (Phi) is 6.16. The van der Waals surface area contributed by atoms with E-state index in [0.717, 1.165) is 18.2 Å². The van der Waals surface area contributed by atoms with Crippen LogP contribution in [0.2, 0.25) is 0 Å². The Morgan fingerprint density at radius 2 is 2.00 bits per heavy atom. The SMILES string of the molecule is COCc1c(C(=O)OCC(=O)N[C@H]2CCC[C@H](C)[C@H]2C)oc2ccccc12. The third-order valence-corrected chi connectivity index (χ3v) is 5.56. The molecule has 1 saturated carbocycles. The molecule has 1 aliphatic carbocycles. The first-order valence-electron chi connectivity index (χ1n) is 9.47. The van der Waals surface area contributed by atoms with E-state index in [9.17, 15) is 9.59 Å². The minimum Gasteiger partial charge on any atom is -0.450 e. The standard InChI is InChI=1S/C21H27NO5/c1-13-7-6-9-17(14(13)2)22-19(23)12-26-21(24)20-16(11-25-3)15-8-4-5-10-18(15)27-20/h4-5,8,10,13-14,17H,6-7,9,11-12H2,1-3H3,(H,22,23)/t13-,14+,17-/m0/s1. The van der Waals surface area contributed by atoms with Crippen molar-refractivity contribution in [3.05, 3.63) is 35.6 Å². The van der Waals surface area contributed by atoms with Gasteiger partial charge < -0.3 is 19.2 Å². The van der Waals surface area contributed by atoms with E-state index < -0.39 is 5.97 Å². The number of hydrogen-bond acceptors (Lipinski definition) is 5. The molecule has 2 aromatic rings. The van der Waals surface area contributed by atoms with Crippen molar-refractivity contribution in [1.82, 2.24) is 5.32 Å². The second-order valence-corrected chi connectivity index (χ2v) is 7.36. The van der Waals surface area contributed by atoms with Crippen molar-refractivity contribution >= 4 is 22.8 Å². The first kappa shape index (κ1) is 19.4. The van der Waals surface area contributed by atoms with E-state index in [1.54, 1.807) is 13.2 Å². The Morgan fingerprint density at radius 1 is 1.22 bits per heavy atom. The van der Waals surface area contributed by atoms with Crippen LogP contribution in [0.4, 0.5) is 0 Å². The van der Waals surface area contributed by atoms with E-state index in [0.29, 0.717) is 23.0 Å². The highest BCUT2D eigenvalue weighted by Crippen LogP contribution is 2.29. The van der Waals surface area contributed by atoms with Gasteiger partial charge in [-0.25, -0.2) is 4.79 Å². The molecule has 1 amide bonds. The Bertz CT molecular complexity index is 812. The largest absolute Gasteiger partial charge is 0.450 e. The van der Waals surface area contributed by atoms with Crippen LogP contribution in [0.1, 0.15) is 49.2 Å². The van der Waals surface area contributed by atoms with Crippen LogP contribution >= 0.6 is 0 Å². The highest BCUT2D eigenvalue weighted by Gasteiger charge is 2.29. The van der Waals surface area contributed by atoms with Crippen LogP contribution in [-0.4, -0.2) is 31.6 Å². The lowest BCUT2D eigenvalue weighted by Gasteiger charge is -2.34. The van der Waals surface area contributed by atoms with Gasteiger partial charge in [-0.3, -0.25) is 4.79 Å². The Morgan fingerprint density at radius 3 is 2.78 bits per heavy atom. The van der Waals surface area contributed by atoms with Gasteiger partial charge in [0, 0.05) is 24.1 Å². The van der Waals surface area contributed by atoms with Crippen molar-refractivity contribution in [2.24, 2.45) is 11.8 Å². The van der Waals surface area contributed by atoms with Crippen molar-refractivity contribution in [3.63, 3.8) is 0 Å². The molecule has 3 rings (SSSR count). The Hall–Kier alpha value is -2.34. The summed E-state index contributed by atoms with van der Waals surface area (Å²) in [6, 6.07) is 7.48. The number of nitrogens with one attached hydrogen (secondary N) is 1. The van der Waals surface area contributed by atoms with Crippen LogP contribution in [0.3, 0.4) is 0 Å². The van der Waals surface area contributed by atoms with Gasteiger partial charge in [0.1, 0.15) is 5.58 Å². The first-order valence-corrected chi connectivity index (χ1v) is 9.47. The zero-order valence-electron chi connectivity index (χ0n) is 16.1. The normalized spacial score (nSPS) is 22.6. The summed E-state index contributed by atoms with van der Waals surface area (Å²) in [6.45, 7) is 4.28. The van der Waals surface area contributed by atoms with Gasteiger partial charge in [-0.05, 0) is 24.3 Å². The van der Waals surface area contributed by atoms with Gasteiger partial charge >= 0.3 is 5.97 Å². The molecule has 0 unspecified atom stereocenters. The van der Waals surface area contributed by atoms with Crippen LogP contribution in [0.25, 0.3) is 11.0 Å². The molecule has 0 saturated heterocycles. The van der Waals surface area contributed by atoms with Crippen molar-refractivity contribution in [3.8, 4) is 0 Å². The summed E-state index contributed by atoms with van der Waals surface area (Å²) in [5.74, 6) is 0.156. The quantitative estimate of drug-likeness (QED) is 0.782. The molecule has 1 aromatic carbocycles. The maximum atomic E-state index is 12.5. The van der Waals surface area contributed by atoms with E-state index in [2.05, 4.69) is 19.2 Å². The lowest BCUT2D eigenvalue weighted by atomic mass is 9.78. The van der Waals surface area contributed by atoms with Crippen molar-refractivity contribution in [1.29, 1.82) is 0 Å². The number of ether oxygens (including phenoxy) is 2. The molecule has 146 valence electrons. The van der Waals surface area contributed by atoms with Gasteiger partial charge in [0.2, 0.25) is 5.76 Å². The molecule has 0 spiro atoms. The Labute approximate surface area is 159 Å². The minimum absolute atomic E-state index is 0.0884. The summed E-state index contributed by atoms with van der Waals surface area (Å²) in [6.07, 6.45) is 3.26. The van der Waals surface area contributed by atoms with Gasteiger partial charge in [-0.15, -0.1) is 0 Å². The van der Waals surface area contributed by atoms with Crippen molar-refractivity contribution < 1.29 is 23.5 Å². The topological polar surface area (TPSA) is 77.8 Å². The van der Waals surface area contributed by atoms with Gasteiger partial charge in [0.05, 0.1) is 6.61 Å². The number of rotatable bonds is 6. The summed E-state index contributed by atoms with van der Waals surface area (Å²) < 4.78 is 16.0. The number of esters is 1. The summed E-state index contributed by atoms with van der Waals surface area (Å²) >= 11 is 0. The fourth-order valence-corrected chi connectivity index (χ4v) is 3.78. The number of carbonyl (C=O) groups excluding carboxylic acids is 2. The highest BCUT2D eigenvalue weighted by molar-refractivity contribution is 5.96. The molecule has 1 aliphatic rings. The summed E-state index contributed by atoms with van der Waals surface area (Å²) in [7, 11) is 1.55. The first-order chi connectivity index (χ1) is 13.0. The summed E-state index contributed by atoms with van der Waals surface area (Å²) in [5.41, 5.74) is 1.22. The second kappa shape index (κ2) is 8.57. The number of methoxy groups -OCH3 is 1. The molecule has 0 radical (unpaired) electrons. The highest BCUT2D eigenvalue weighted by atomic mass is 16.5. The molecular weight excluding hydrogens is 346 g/mol. The average Bonchev–Trinajstić information content (AvgIpc) is 3.03. The van der Waals surface area contributed by atoms with E-state index in [-0.39, 0.29) is 30.9 Å². The monoisotopic (exact) mass is 373 g/mol. The average molecular weight is 373 g/mol. The summed E-state index contributed by atoms with van der Waals surface area (Å²) in [5, 5.41) is 3.81. The predicted molar refractivity (Wildman–Crippen MR) is 101 cm³/mol. The van der Waals surface area contributed by atoms with E-state index >= 15 is 0 Å². The second-order valence-electron chi connectivity index (χ2n) is 7.36. The molecule has 1 aromatic heterocycles. The van der Waals surface area contributed by atoms with E-state index in [1.807, 2.05) is 18.2 Å². The zero-order valence-corrected chi connectivity index (χ0v) is 16.1. The molecule has 3 atom stereocenters. The maximum Gasteiger partial charge on any atom is 0.375 e. The zero-order chi connectivity index (χ0) is 19.4. The molecule has 6 nitrogen and oxygen atoms in total. The number of benzene rings is 1. The number of furan rings is 1. The predicted octanol–water partition coefficient (Wildman–Crippen LogP) is 3.68. The molecule has 1 N–H and O–H groups in total. The number of para-hydroxylation sites is 1. The van der Waals surface area contributed by atoms with Crippen LogP contribution in [0.15, 0.2) is 28.7 Å². The maximum absolute atomic E-state index is 12.5. The van der Waals surface area contributed by atoms with Crippen molar-refractivity contribution in [2.75, 3.05) is 13.7 Å². The van der Waals surface area contributed by atoms with E-state index in [1.165, 1.54) is 6.42 Å². The molecule has 1 fully saturated rings. The molecule has 0 bridgehead atoms. The van der Waals surface area contributed by atoms with Gasteiger partial charge in [0.25, 0.3) is 5.91 Å². The fourth-order valence-electron chi connectivity index (χ4n) is 3.78. The number of carbonyl (C=O) groups is 2. The van der Waals surface area contributed by atoms with Crippen LogP contribution < -0.4 is 5.32 Å². The molecule has 6 heteroatoms. The number of fused-ring (bicyclic) bond motifs is 1. The molecular formula is C21H27NO5. The molecule has 0 aliphatic heterocycles. The van der Waals surface area contributed by atoms with Crippen LogP contribution in [0.5, 0.6) is 0 Å². The van der Waals surface area contributed by atoms with Crippen molar-refractivity contribution in [2.45, 2.75) is 45.8 Å². The third kappa shape index (κ3) is 4.33. The smallest absolute Gasteiger partial charge is 0.375 e. The van der Waals surface area contributed by atoms with Gasteiger partial charge in [0.15, 0.2) is 6.61 Å². The molecule has 27 heavy (non-hydrogen) atoms. The van der Waals surface area contributed by atoms with Crippen LogP contribution in [-0.2, 0) is 20.9 Å². The number of amides is 1. The van der Waals surface area contributed by atoms with Gasteiger partial charge in [-0.2, -0.15) is 0 Å². The number of hydrogen-bond donors (Lipinski definition) is 1. The third-order valence-electron chi connectivity index (χ3n) is 5.56. The lowest BCUT2D eigenvalue weighted by Crippen LogP contribution is -2.45. The minimum atomic E-state index is -0.654.